The number of carbonyl (C=O) groups excluding carboxylic acids is 1. The normalized spacial score (nSPS) is 16.2. The van der Waals surface area contributed by atoms with Gasteiger partial charge in [-0.05, 0) is 30.5 Å². The molecule has 0 aliphatic carbocycles. The van der Waals surface area contributed by atoms with E-state index in [0.29, 0.717) is 18.7 Å². The molecule has 1 aromatic carbocycles. The van der Waals surface area contributed by atoms with E-state index in [1.807, 2.05) is 0 Å². The zero-order chi connectivity index (χ0) is 14.6. The number of rotatable bonds is 5. The Bertz CT molecular complexity index is 563. The van der Waals surface area contributed by atoms with Gasteiger partial charge in [-0.2, -0.15) is 17.4 Å². The number of hydrogen-bond acceptors (Lipinski definition) is 4. The minimum Gasteiger partial charge on any atom is -0.465 e. The standard InChI is InChI=1S/C13H18N2O4S/c1-19-13(16)12-6-4-11(5-7-12)10-14-20(17,18)15-8-2-3-9-15/h4-7,14H,2-3,8-10H2,1H3. The first-order valence-corrected chi connectivity index (χ1v) is 7.89. The predicted octanol–water partition coefficient (Wildman–Crippen LogP) is 0.903. The van der Waals surface area contributed by atoms with Gasteiger partial charge in [-0.3, -0.25) is 0 Å². The summed E-state index contributed by atoms with van der Waals surface area (Å²) < 4.78 is 32.6. The first-order valence-electron chi connectivity index (χ1n) is 6.45. The van der Waals surface area contributed by atoms with Crippen molar-refractivity contribution >= 4 is 16.2 Å². The molecule has 0 radical (unpaired) electrons. The SMILES string of the molecule is COC(=O)c1ccc(CNS(=O)(=O)N2CCCC2)cc1. The molecular formula is C13H18N2O4S. The lowest BCUT2D eigenvalue weighted by Gasteiger charge is -2.16. The van der Waals surface area contributed by atoms with Gasteiger partial charge in [0.05, 0.1) is 12.7 Å². The maximum absolute atomic E-state index is 12.0. The van der Waals surface area contributed by atoms with Crippen LogP contribution in [0.1, 0.15) is 28.8 Å². The van der Waals surface area contributed by atoms with Crippen LogP contribution in [0.3, 0.4) is 0 Å². The number of carbonyl (C=O) groups is 1. The number of esters is 1. The summed E-state index contributed by atoms with van der Waals surface area (Å²) in [6.07, 6.45) is 1.82. The Labute approximate surface area is 118 Å². The summed E-state index contributed by atoms with van der Waals surface area (Å²) >= 11 is 0. The molecule has 1 fully saturated rings. The highest BCUT2D eigenvalue weighted by Gasteiger charge is 2.24. The molecule has 1 N–H and O–H groups in total. The van der Waals surface area contributed by atoms with E-state index < -0.39 is 16.2 Å². The zero-order valence-electron chi connectivity index (χ0n) is 11.3. The Morgan fingerprint density at radius 3 is 2.40 bits per heavy atom. The second-order valence-corrected chi connectivity index (χ2v) is 6.38. The molecule has 0 bridgehead atoms. The van der Waals surface area contributed by atoms with Gasteiger partial charge in [0.15, 0.2) is 0 Å². The van der Waals surface area contributed by atoms with Crippen molar-refractivity contribution in [1.82, 2.24) is 9.03 Å². The Morgan fingerprint density at radius 1 is 1.25 bits per heavy atom. The summed E-state index contributed by atoms with van der Waals surface area (Å²) in [5.74, 6) is -0.408. The van der Waals surface area contributed by atoms with Gasteiger partial charge in [0.2, 0.25) is 0 Å². The average molecular weight is 298 g/mol. The summed E-state index contributed by atoms with van der Waals surface area (Å²) in [7, 11) is -2.08. The highest BCUT2D eigenvalue weighted by molar-refractivity contribution is 7.87. The minimum atomic E-state index is -3.40. The first-order chi connectivity index (χ1) is 9.53. The molecule has 1 saturated heterocycles. The van der Waals surface area contributed by atoms with Crippen molar-refractivity contribution in [3.63, 3.8) is 0 Å². The molecule has 0 spiro atoms. The van der Waals surface area contributed by atoms with Crippen LogP contribution in [0, 0.1) is 0 Å². The fourth-order valence-corrected chi connectivity index (χ4v) is 3.34. The number of nitrogens with zero attached hydrogens (tertiary/aromatic N) is 1. The maximum Gasteiger partial charge on any atom is 0.337 e. The number of benzene rings is 1. The topological polar surface area (TPSA) is 75.7 Å². The summed E-state index contributed by atoms with van der Waals surface area (Å²) in [6.45, 7) is 1.37. The van der Waals surface area contributed by atoms with E-state index in [1.54, 1.807) is 24.3 Å². The van der Waals surface area contributed by atoms with Gasteiger partial charge in [0, 0.05) is 19.6 Å². The molecule has 1 aliphatic rings. The van der Waals surface area contributed by atoms with E-state index in [0.717, 1.165) is 18.4 Å². The van der Waals surface area contributed by atoms with Crippen LogP contribution in [0.4, 0.5) is 0 Å². The van der Waals surface area contributed by atoms with Crippen molar-refractivity contribution in [2.24, 2.45) is 0 Å². The van der Waals surface area contributed by atoms with E-state index in [9.17, 15) is 13.2 Å². The second kappa shape index (κ2) is 6.34. The van der Waals surface area contributed by atoms with Gasteiger partial charge < -0.3 is 4.74 Å². The first kappa shape index (κ1) is 15.0. The van der Waals surface area contributed by atoms with Crippen LogP contribution in [0.25, 0.3) is 0 Å². The second-order valence-electron chi connectivity index (χ2n) is 4.62. The molecule has 7 heteroatoms. The third kappa shape index (κ3) is 3.56. The highest BCUT2D eigenvalue weighted by atomic mass is 32.2. The van der Waals surface area contributed by atoms with E-state index in [1.165, 1.54) is 11.4 Å². The fraction of sp³-hybridized carbons (Fsp3) is 0.462. The van der Waals surface area contributed by atoms with E-state index in [-0.39, 0.29) is 6.54 Å². The molecule has 20 heavy (non-hydrogen) atoms. The van der Waals surface area contributed by atoms with E-state index in [4.69, 9.17) is 0 Å². The lowest BCUT2D eigenvalue weighted by atomic mass is 10.1. The number of hydrogen-bond donors (Lipinski definition) is 1. The molecule has 1 heterocycles. The van der Waals surface area contributed by atoms with Gasteiger partial charge in [-0.25, -0.2) is 4.79 Å². The highest BCUT2D eigenvalue weighted by Crippen LogP contribution is 2.12. The number of ether oxygens (including phenoxy) is 1. The third-order valence-electron chi connectivity index (χ3n) is 3.24. The summed E-state index contributed by atoms with van der Waals surface area (Å²) in [5.41, 5.74) is 1.24. The molecule has 1 aromatic rings. The molecule has 1 aliphatic heterocycles. The van der Waals surface area contributed by atoms with Crippen LogP contribution in [-0.4, -0.2) is 38.9 Å². The predicted molar refractivity (Wildman–Crippen MR) is 74.3 cm³/mol. The summed E-state index contributed by atoms with van der Waals surface area (Å²) in [4.78, 5) is 11.3. The van der Waals surface area contributed by atoms with Crippen LogP contribution in [0.5, 0.6) is 0 Å². The van der Waals surface area contributed by atoms with Crippen molar-refractivity contribution < 1.29 is 17.9 Å². The lowest BCUT2D eigenvalue weighted by Crippen LogP contribution is -2.38. The monoisotopic (exact) mass is 298 g/mol. The van der Waals surface area contributed by atoms with Gasteiger partial charge in [0.1, 0.15) is 0 Å². The average Bonchev–Trinajstić information content (AvgIpc) is 3.00. The van der Waals surface area contributed by atoms with Crippen LogP contribution < -0.4 is 4.72 Å². The third-order valence-corrected chi connectivity index (χ3v) is 4.79. The Morgan fingerprint density at radius 2 is 1.85 bits per heavy atom. The fourth-order valence-electron chi connectivity index (χ4n) is 2.07. The maximum atomic E-state index is 12.0. The number of methoxy groups -OCH3 is 1. The summed E-state index contributed by atoms with van der Waals surface area (Å²) in [5, 5.41) is 0. The van der Waals surface area contributed by atoms with E-state index in [2.05, 4.69) is 9.46 Å². The molecule has 0 aromatic heterocycles. The van der Waals surface area contributed by atoms with Crippen LogP contribution in [-0.2, 0) is 21.5 Å². The molecule has 0 saturated carbocycles. The van der Waals surface area contributed by atoms with Crippen molar-refractivity contribution in [2.45, 2.75) is 19.4 Å². The van der Waals surface area contributed by atoms with Crippen LogP contribution >= 0.6 is 0 Å². The molecule has 0 amide bonds. The van der Waals surface area contributed by atoms with Gasteiger partial charge in [-0.15, -0.1) is 0 Å². The molecular weight excluding hydrogens is 280 g/mol. The van der Waals surface area contributed by atoms with Gasteiger partial charge in [0.25, 0.3) is 10.2 Å². The Kier molecular flexibility index (Phi) is 4.74. The van der Waals surface area contributed by atoms with Gasteiger partial charge in [-0.1, -0.05) is 12.1 Å². The Hall–Kier alpha value is -1.44. The molecule has 2 rings (SSSR count). The lowest BCUT2D eigenvalue weighted by molar-refractivity contribution is 0.0600. The number of nitrogens with one attached hydrogen (secondary N) is 1. The van der Waals surface area contributed by atoms with Crippen molar-refractivity contribution in [3.05, 3.63) is 35.4 Å². The zero-order valence-corrected chi connectivity index (χ0v) is 12.1. The van der Waals surface area contributed by atoms with Crippen molar-refractivity contribution in [1.29, 1.82) is 0 Å². The largest absolute Gasteiger partial charge is 0.465 e. The quantitative estimate of drug-likeness (QED) is 0.820. The van der Waals surface area contributed by atoms with Crippen LogP contribution in [0.2, 0.25) is 0 Å². The smallest absolute Gasteiger partial charge is 0.337 e. The minimum absolute atomic E-state index is 0.209. The summed E-state index contributed by atoms with van der Waals surface area (Å²) in [6, 6.07) is 6.65. The molecule has 0 atom stereocenters. The van der Waals surface area contributed by atoms with Crippen molar-refractivity contribution in [3.8, 4) is 0 Å². The van der Waals surface area contributed by atoms with Gasteiger partial charge >= 0.3 is 5.97 Å². The van der Waals surface area contributed by atoms with Crippen LogP contribution in [0.15, 0.2) is 24.3 Å². The molecule has 0 unspecified atom stereocenters. The molecule has 6 nitrogen and oxygen atoms in total. The Balaban J connectivity index is 1.95. The van der Waals surface area contributed by atoms with Crippen molar-refractivity contribution in [2.75, 3.05) is 20.2 Å². The van der Waals surface area contributed by atoms with E-state index >= 15 is 0 Å². The molecule has 110 valence electrons.